The highest BCUT2D eigenvalue weighted by atomic mass is 16.2. The first-order valence-corrected chi connectivity index (χ1v) is 5.84. The van der Waals surface area contributed by atoms with E-state index < -0.39 is 0 Å². The summed E-state index contributed by atoms with van der Waals surface area (Å²) in [6, 6.07) is 0. The van der Waals surface area contributed by atoms with E-state index in [-0.39, 0.29) is 35.5 Å². The normalized spacial score (nSPS) is 39.6. The van der Waals surface area contributed by atoms with E-state index >= 15 is 0 Å². The topological polar surface area (TPSA) is 46.2 Å². The largest absolute Gasteiger partial charge is 0.296 e. The summed E-state index contributed by atoms with van der Waals surface area (Å²) in [5.74, 6) is 0.382. The Labute approximate surface area is 94.6 Å². The third-order valence-electron chi connectivity index (χ3n) is 3.83. The number of fused-ring (bicyclic) bond motifs is 5. The minimum atomic E-state index is -0.132. The van der Waals surface area contributed by atoms with E-state index in [4.69, 9.17) is 0 Å². The SMILES string of the molecule is CC(C)C=C1C2C=CC1C1C(=O)NC(=O)C21. The Morgan fingerprint density at radius 2 is 1.62 bits per heavy atom. The lowest BCUT2D eigenvalue weighted by Gasteiger charge is -2.13. The lowest BCUT2D eigenvalue weighted by molar-refractivity contribution is -0.126. The highest BCUT2D eigenvalue weighted by Crippen LogP contribution is 2.54. The quantitative estimate of drug-likeness (QED) is 0.531. The van der Waals surface area contributed by atoms with Gasteiger partial charge in [0, 0.05) is 11.8 Å². The molecule has 0 radical (unpaired) electrons. The molecule has 3 aliphatic rings. The molecular weight excluding hydrogens is 202 g/mol. The zero-order valence-electron chi connectivity index (χ0n) is 9.44. The summed E-state index contributed by atoms with van der Waals surface area (Å²) in [5.41, 5.74) is 1.29. The van der Waals surface area contributed by atoms with Gasteiger partial charge in [0.2, 0.25) is 11.8 Å². The van der Waals surface area contributed by atoms with Gasteiger partial charge in [-0.25, -0.2) is 0 Å². The molecule has 0 aromatic rings. The predicted molar refractivity (Wildman–Crippen MR) is 59.2 cm³/mol. The summed E-state index contributed by atoms with van der Waals surface area (Å²) in [6.45, 7) is 4.25. The van der Waals surface area contributed by atoms with Crippen molar-refractivity contribution in [3.8, 4) is 0 Å². The van der Waals surface area contributed by atoms with Gasteiger partial charge in [0.25, 0.3) is 0 Å². The van der Waals surface area contributed by atoms with Gasteiger partial charge in [0.1, 0.15) is 0 Å². The minimum Gasteiger partial charge on any atom is -0.296 e. The van der Waals surface area contributed by atoms with Crippen molar-refractivity contribution in [3.05, 3.63) is 23.8 Å². The molecule has 4 unspecified atom stereocenters. The van der Waals surface area contributed by atoms with Gasteiger partial charge in [0.15, 0.2) is 0 Å². The molecular formula is C13H15NO2. The number of allylic oxidation sites excluding steroid dienone is 4. The van der Waals surface area contributed by atoms with Crippen molar-refractivity contribution in [1.29, 1.82) is 0 Å². The molecule has 2 aliphatic carbocycles. The fourth-order valence-electron chi connectivity index (χ4n) is 3.33. The van der Waals surface area contributed by atoms with Crippen molar-refractivity contribution in [2.45, 2.75) is 13.8 Å². The van der Waals surface area contributed by atoms with Crippen LogP contribution in [-0.4, -0.2) is 11.8 Å². The third-order valence-corrected chi connectivity index (χ3v) is 3.83. The van der Waals surface area contributed by atoms with Gasteiger partial charge in [-0.2, -0.15) is 0 Å². The fraction of sp³-hybridized carbons (Fsp3) is 0.538. The van der Waals surface area contributed by atoms with Gasteiger partial charge in [-0.05, 0) is 5.92 Å². The van der Waals surface area contributed by atoms with Gasteiger partial charge in [0.05, 0.1) is 11.8 Å². The molecule has 1 aliphatic heterocycles. The first-order chi connectivity index (χ1) is 7.59. The first-order valence-electron chi connectivity index (χ1n) is 5.84. The van der Waals surface area contributed by atoms with E-state index in [2.05, 4.69) is 37.4 Å². The Morgan fingerprint density at radius 3 is 2.06 bits per heavy atom. The van der Waals surface area contributed by atoms with E-state index in [9.17, 15) is 9.59 Å². The Morgan fingerprint density at radius 1 is 1.12 bits per heavy atom. The van der Waals surface area contributed by atoms with Crippen molar-refractivity contribution in [2.75, 3.05) is 0 Å². The minimum absolute atomic E-state index is 0.0819. The summed E-state index contributed by atoms with van der Waals surface area (Å²) in [5, 5.41) is 2.45. The average molecular weight is 217 g/mol. The zero-order chi connectivity index (χ0) is 11.4. The second-order valence-corrected chi connectivity index (χ2v) is 5.25. The number of imide groups is 1. The highest BCUT2D eigenvalue weighted by molar-refractivity contribution is 6.07. The van der Waals surface area contributed by atoms with Gasteiger partial charge >= 0.3 is 0 Å². The van der Waals surface area contributed by atoms with Crippen LogP contribution < -0.4 is 5.32 Å². The highest BCUT2D eigenvalue weighted by Gasteiger charge is 2.58. The van der Waals surface area contributed by atoms with Crippen LogP contribution in [0, 0.1) is 29.6 Å². The summed E-state index contributed by atoms with van der Waals surface area (Å²) in [4.78, 5) is 23.4. The molecule has 0 spiro atoms. The molecule has 1 saturated heterocycles. The van der Waals surface area contributed by atoms with Gasteiger partial charge in [-0.3, -0.25) is 14.9 Å². The molecule has 1 heterocycles. The van der Waals surface area contributed by atoms with Crippen LogP contribution in [0.3, 0.4) is 0 Å². The number of hydrogen-bond acceptors (Lipinski definition) is 2. The molecule has 84 valence electrons. The van der Waals surface area contributed by atoms with Crippen molar-refractivity contribution >= 4 is 11.8 Å². The lowest BCUT2D eigenvalue weighted by atomic mass is 9.85. The van der Waals surface area contributed by atoms with E-state index in [0.717, 1.165) is 0 Å². The summed E-state index contributed by atoms with van der Waals surface area (Å²) >= 11 is 0. The van der Waals surface area contributed by atoms with Crippen LogP contribution in [0.25, 0.3) is 0 Å². The lowest BCUT2D eigenvalue weighted by Crippen LogP contribution is -2.25. The summed E-state index contributed by atoms with van der Waals surface area (Å²) in [7, 11) is 0. The van der Waals surface area contributed by atoms with E-state index in [1.54, 1.807) is 0 Å². The van der Waals surface area contributed by atoms with Crippen LogP contribution in [0.5, 0.6) is 0 Å². The number of amides is 2. The smallest absolute Gasteiger partial charge is 0.231 e. The molecule has 2 amide bonds. The van der Waals surface area contributed by atoms with E-state index in [0.29, 0.717) is 5.92 Å². The van der Waals surface area contributed by atoms with Gasteiger partial charge in [-0.15, -0.1) is 0 Å². The molecule has 3 nitrogen and oxygen atoms in total. The molecule has 3 rings (SSSR count). The van der Waals surface area contributed by atoms with Crippen molar-refractivity contribution in [1.82, 2.24) is 5.32 Å². The monoisotopic (exact) mass is 217 g/mol. The Bertz CT molecular complexity index is 401. The maximum atomic E-state index is 11.7. The molecule has 1 N–H and O–H groups in total. The molecule has 0 aromatic carbocycles. The van der Waals surface area contributed by atoms with Crippen LogP contribution in [0.1, 0.15) is 13.8 Å². The number of carbonyl (C=O) groups excluding carboxylic acids is 2. The molecule has 2 bridgehead atoms. The third kappa shape index (κ3) is 1.09. The van der Waals surface area contributed by atoms with Crippen LogP contribution >= 0.6 is 0 Å². The van der Waals surface area contributed by atoms with E-state index in [1.165, 1.54) is 5.57 Å². The Hall–Kier alpha value is -1.38. The number of carbonyl (C=O) groups is 2. The summed E-state index contributed by atoms with van der Waals surface area (Å²) in [6.07, 6.45) is 6.41. The number of nitrogens with one attached hydrogen (secondary N) is 1. The summed E-state index contributed by atoms with van der Waals surface area (Å²) < 4.78 is 0. The number of rotatable bonds is 1. The Balaban J connectivity index is 2.03. The molecule has 0 aromatic heterocycles. The fourth-order valence-corrected chi connectivity index (χ4v) is 3.33. The average Bonchev–Trinajstić information content (AvgIpc) is 2.79. The van der Waals surface area contributed by atoms with Crippen LogP contribution in [-0.2, 0) is 9.59 Å². The van der Waals surface area contributed by atoms with Crippen molar-refractivity contribution in [3.63, 3.8) is 0 Å². The predicted octanol–water partition coefficient (Wildman–Crippen LogP) is 1.27. The van der Waals surface area contributed by atoms with Crippen LogP contribution in [0.15, 0.2) is 23.8 Å². The zero-order valence-corrected chi connectivity index (χ0v) is 9.44. The maximum Gasteiger partial charge on any atom is 0.231 e. The molecule has 4 atom stereocenters. The first kappa shape index (κ1) is 9.82. The molecule has 1 saturated carbocycles. The maximum absolute atomic E-state index is 11.7. The van der Waals surface area contributed by atoms with E-state index in [1.807, 2.05) is 0 Å². The number of hydrogen-bond donors (Lipinski definition) is 1. The van der Waals surface area contributed by atoms with Gasteiger partial charge < -0.3 is 0 Å². The van der Waals surface area contributed by atoms with Crippen LogP contribution in [0.2, 0.25) is 0 Å². The standard InChI is InChI=1S/C13H15NO2/c1-6(2)5-9-7-3-4-8(9)11-10(7)12(15)14-13(11)16/h3-8,10-11H,1-2H3,(H,14,15,16). The second-order valence-electron chi connectivity index (χ2n) is 5.25. The van der Waals surface area contributed by atoms with Crippen molar-refractivity contribution < 1.29 is 9.59 Å². The molecule has 3 heteroatoms. The van der Waals surface area contributed by atoms with Crippen LogP contribution in [0.4, 0.5) is 0 Å². The Kier molecular flexibility index (Phi) is 1.88. The second kappa shape index (κ2) is 3.06. The molecule has 16 heavy (non-hydrogen) atoms. The van der Waals surface area contributed by atoms with Gasteiger partial charge in [-0.1, -0.05) is 37.6 Å². The molecule has 2 fully saturated rings. The van der Waals surface area contributed by atoms with Crippen molar-refractivity contribution in [2.24, 2.45) is 29.6 Å².